The molecule has 0 radical (unpaired) electrons. The van der Waals surface area contributed by atoms with Crippen molar-refractivity contribution in [3.05, 3.63) is 28.3 Å². The number of anilines is 1. The quantitative estimate of drug-likeness (QED) is 0.567. The van der Waals surface area contributed by atoms with Gasteiger partial charge in [0.2, 0.25) is 5.91 Å². The summed E-state index contributed by atoms with van der Waals surface area (Å²) in [6.07, 6.45) is 0. The molecule has 0 N–H and O–H groups in total. The number of amides is 1. The standard InChI is InChI=1S/C14H21N3O4/c1-5-16(11(2)18)9-8-15(3)12-6-7-13(17(19)20)14(10-12)21-4/h6-7,10H,5,8-9H2,1-4H3. The van der Waals surface area contributed by atoms with Gasteiger partial charge in [-0.25, -0.2) is 0 Å². The summed E-state index contributed by atoms with van der Waals surface area (Å²) in [5.41, 5.74) is 0.741. The highest BCUT2D eigenvalue weighted by Gasteiger charge is 2.16. The lowest BCUT2D eigenvalue weighted by atomic mass is 10.2. The maximum absolute atomic E-state index is 11.4. The summed E-state index contributed by atoms with van der Waals surface area (Å²) in [4.78, 5) is 25.4. The lowest BCUT2D eigenvalue weighted by Crippen LogP contribution is -2.36. The molecule has 116 valence electrons. The van der Waals surface area contributed by atoms with Crippen LogP contribution >= 0.6 is 0 Å². The summed E-state index contributed by atoms with van der Waals surface area (Å²) in [5.74, 6) is 0.260. The monoisotopic (exact) mass is 295 g/mol. The number of likely N-dealkylation sites (N-methyl/N-ethyl adjacent to an activating group) is 2. The second-order valence-electron chi connectivity index (χ2n) is 4.63. The van der Waals surface area contributed by atoms with Crippen LogP contribution in [0.2, 0.25) is 0 Å². The van der Waals surface area contributed by atoms with E-state index in [1.165, 1.54) is 13.2 Å². The fourth-order valence-corrected chi connectivity index (χ4v) is 1.99. The van der Waals surface area contributed by atoms with Crippen LogP contribution in [0, 0.1) is 10.1 Å². The van der Waals surface area contributed by atoms with E-state index >= 15 is 0 Å². The van der Waals surface area contributed by atoms with Crippen molar-refractivity contribution in [2.75, 3.05) is 38.7 Å². The van der Waals surface area contributed by atoms with Gasteiger partial charge in [0.15, 0.2) is 5.75 Å². The minimum Gasteiger partial charge on any atom is -0.490 e. The summed E-state index contributed by atoms with van der Waals surface area (Å²) in [5, 5.41) is 10.9. The van der Waals surface area contributed by atoms with Crippen molar-refractivity contribution in [1.82, 2.24) is 4.90 Å². The van der Waals surface area contributed by atoms with E-state index in [0.717, 1.165) is 5.69 Å². The lowest BCUT2D eigenvalue weighted by molar-refractivity contribution is -0.385. The largest absolute Gasteiger partial charge is 0.490 e. The van der Waals surface area contributed by atoms with Crippen molar-refractivity contribution < 1.29 is 14.5 Å². The Morgan fingerprint density at radius 3 is 2.52 bits per heavy atom. The van der Waals surface area contributed by atoms with Crippen molar-refractivity contribution in [2.45, 2.75) is 13.8 Å². The molecule has 1 rings (SSSR count). The minimum absolute atomic E-state index is 0.0344. The normalized spacial score (nSPS) is 10.1. The average molecular weight is 295 g/mol. The summed E-state index contributed by atoms with van der Waals surface area (Å²) in [6.45, 7) is 5.36. The summed E-state index contributed by atoms with van der Waals surface area (Å²) in [6, 6.07) is 4.72. The molecular formula is C14H21N3O4. The number of nitro benzene ring substituents is 1. The number of methoxy groups -OCH3 is 1. The number of benzene rings is 1. The Balaban J connectivity index is 2.81. The summed E-state index contributed by atoms with van der Waals surface area (Å²) < 4.78 is 5.05. The number of carbonyl (C=O) groups excluding carboxylic acids is 1. The van der Waals surface area contributed by atoms with Crippen LogP contribution in [0.3, 0.4) is 0 Å². The van der Waals surface area contributed by atoms with E-state index in [9.17, 15) is 14.9 Å². The predicted octanol–water partition coefficient (Wildman–Crippen LogP) is 1.91. The molecule has 21 heavy (non-hydrogen) atoms. The Kier molecular flexibility index (Phi) is 5.95. The molecule has 0 bridgehead atoms. The third kappa shape index (κ3) is 4.34. The third-order valence-corrected chi connectivity index (χ3v) is 3.33. The SMILES string of the molecule is CCN(CCN(C)c1ccc([N+](=O)[O-])c(OC)c1)C(C)=O. The van der Waals surface area contributed by atoms with Gasteiger partial charge in [0.1, 0.15) is 0 Å². The lowest BCUT2D eigenvalue weighted by Gasteiger charge is -2.25. The van der Waals surface area contributed by atoms with Crippen molar-refractivity contribution in [2.24, 2.45) is 0 Å². The van der Waals surface area contributed by atoms with E-state index in [2.05, 4.69) is 0 Å². The zero-order valence-electron chi connectivity index (χ0n) is 12.8. The van der Waals surface area contributed by atoms with Gasteiger partial charge in [-0.15, -0.1) is 0 Å². The van der Waals surface area contributed by atoms with Crippen molar-refractivity contribution in [1.29, 1.82) is 0 Å². The van der Waals surface area contributed by atoms with E-state index in [1.807, 2.05) is 18.9 Å². The summed E-state index contributed by atoms with van der Waals surface area (Å²) >= 11 is 0. The third-order valence-electron chi connectivity index (χ3n) is 3.33. The highest BCUT2D eigenvalue weighted by Crippen LogP contribution is 2.30. The molecule has 1 aromatic rings. The number of nitrogens with zero attached hydrogens (tertiary/aromatic N) is 3. The van der Waals surface area contributed by atoms with Gasteiger partial charge in [0.25, 0.3) is 0 Å². The number of hydrogen-bond donors (Lipinski definition) is 0. The Labute approximate surface area is 124 Å². The van der Waals surface area contributed by atoms with Gasteiger partial charge in [-0.3, -0.25) is 14.9 Å². The van der Waals surface area contributed by atoms with Gasteiger partial charge in [0.05, 0.1) is 12.0 Å². The highest BCUT2D eigenvalue weighted by molar-refractivity contribution is 5.73. The van der Waals surface area contributed by atoms with Crippen molar-refractivity contribution in [3.63, 3.8) is 0 Å². The van der Waals surface area contributed by atoms with E-state index in [4.69, 9.17) is 4.74 Å². The molecule has 0 heterocycles. The molecule has 1 aromatic carbocycles. The van der Waals surface area contributed by atoms with Gasteiger partial charge in [-0.1, -0.05) is 0 Å². The molecule has 0 spiro atoms. The maximum Gasteiger partial charge on any atom is 0.311 e. The molecule has 1 amide bonds. The van der Waals surface area contributed by atoms with Crippen LogP contribution in [0.4, 0.5) is 11.4 Å². The predicted molar refractivity (Wildman–Crippen MR) is 80.8 cm³/mol. The first-order valence-corrected chi connectivity index (χ1v) is 6.69. The van der Waals surface area contributed by atoms with Crippen molar-refractivity contribution >= 4 is 17.3 Å². The van der Waals surface area contributed by atoms with Crippen LogP contribution in [0.25, 0.3) is 0 Å². The van der Waals surface area contributed by atoms with Crippen molar-refractivity contribution in [3.8, 4) is 5.75 Å². The van der Waals surface area contributed by atoms with Crippen LogP contribution in [0.5, 0.6) is 5.75 Å². The molecule has 0 unspecified atom stereocenters. The van der Waals surface area contributed by atoms with Crippen LogP contribution < -0.4 is 9.64 Å². The minimum atomic E-state index is -0.475. The molecule has 7 nitrogen and oxygen atoms in total. The van der Waals surface area contributed by atoms with Gasteiger partial charge in [-0.2, -0.15) is 0 Å². The number of ether oxygens (including phenoxy) is 1. The topological polar surface area (TPSA) is 75.9 Å². The Hall–Kier alpha value is -2.31. The van der Waals surface area contributed by atoms with Gasteiger partial charge < -0.3 is 14.5 Å². The first kappa shape index (κ1) is 16.7. The molecule has 0 fully saturated rings. The van der Waals surface area contributed by atoms with Crippen LogP contribution in [-0.2, 0) is 4.79 Å². The van der Waals surface area contributed by atoms with Gasteiger partial charge in [0, 0.05) is 51.4 Å². The second-order valence-corrected chi connectivity index (χ2v) is 4.63. The molecule has 0 atom stereocenters. The first-order valence-electron chi connectivity index (χ1n) is 6.69. The zero-order chi connectivity index (χ0) is 16.0. The highest BCUT2D eigenvalue weighted by atomic mass is 16.6. The smallest absolute Gasteiger partial charge is 0.311 e. The molecular weight excluding hydrogens is 274 g/mol. The second kappa shape index (κ2) is 7.47. The Morgan fingerprint density at radius 1 is 1.38 bits per heavy atom. The Bertz CT molecular complexity index is 519. The van der Waals surface area contributed by atoms with E-state index < -0.39 is 4.92 Å². The first-order chi connectivity index (χ1) is 9.90. The zero-order valence-corrected chi connectivity index (χ0v) is 12.8. The van der Waals surface area contributed by atoms with Crippen LogP contribution in [0.15, 0.2) is 18.2 Å². The average Bonchev–Trinajstić information content (AvgIpc) is 2.46. The van der Waals surface area contributed by atoms with Crippen LogP contribution in [0.1, 0.15) is 13.8 Å². The fourth-order valence-electron chi connectivity index (χ4n) is 1.99. The van der Waals surface area contributed by atoms with E-state index in [0.29, 0.717) is 19.6 Å². The number of carbonyl (C=O) groups is 1. The fraction of sp³-hybridized carbons (Fsp3) is 0.500. The Morgan fingerprint density at radius 2 is 2.05 bits per heavy atom. The molecule has 0 saturated carbocycles. The molecule has 0 aromatic heterocycles. The molecule has 0 saturated heterocycles. The van der Waals surface area contributed by atoms with Gasteiger partial charge in [-0.05, 0) is 13.0 Å². The maximum atomic E-state index is 11.4. The molecule has 0 aliphatic heterocycles. The molecule has 0 aliphatic carbocycles. The van der Waals surface area contributed by atoms with Gasteiger partial charge >= 0.3 is 5.69 Å². The summed E-state index contributed by atoms with van der Waals surface area (Å²) in [7, 11) is 3.27. The van der Waals surface area contributed by atoms with E-state index in [1.54, 1.807) is 24.0 Å². The number of hydrogen-bond acceptors (Lipinski definition) is 5. The number of rotatable bonds is 7. The molecule has 7 heteroatoms. The van der Waals surface area contributed by atoms with E-state index in [-0.39, 0.29) is 17.3 Å². The number of nitro groups is 1. The van der Waals surface area contributed by atoms with Crippen LogP contribution in [-0.4, -0.2) is 49.5 Å². The molecule has 0 aliphatic rings.